The molecular formula is C24H25NO3. The highest BCUT2D eigenvalue weighted by atomic mass is 16.4. The minimum atomic E-state index is -0.858. The van der Waals surface area contributed by atoms with Gasteiger partial charge in [0, 0.05) is 12.5 Å². The van der Waals surface area contributed by atoms with Crippen LogP contribution < -0.4 is 5.32 Å². The molecular weight excluding hydrogens is 350 g/mol. The molecule has 4 rings (SSSR count). The maximum Gasteiger partial charge on any atom is 0.307 e. The number of carbonyl (C=O) groups is 2. The first-order valence-electron chi connectivity index (χ1n) is 9.94. The Morgan fingerprint density at radius 1 is 0.893 bits per heavy atom. The van der Waals surface area contributed by atoms with E-state index in [4.69, 9.17) is 0 Å². The average molecular weight is 375 g/mol. The first-order chi connectivity index (χ1) is 13.6. The first kappa shape index (κ1) is 18.5. The molecule has 28 heavy (non-hydrogen) atoms. The molecule has 2 aromatic rings. The van der Waals surface area contributed by atoms with Gasteiger partial charge in [0.2, 0.25) is 5.91 Å². The molecule has 4 nitrogen and oxygen atoms in total. The molecule has 0 spiro atoms. The summed E-state index contributed by atoms with van der Waals surface area (Å²) in [5.41, 5.74) is 2.43. The first-order valence-corrected chi connectivity index (χ1v) is 9.94. The van der Waals surface area contributed by atoms with Gasteiger partial charge in [-0.3, -0.25) is 9.59 Å². The zero-order valence-electron chi connectivity index (χ0n) is 15.7. The van der Waals surface area contributed by atoms with Crippen LogP contribution in [0.1, 0.15) is 29.9 Å². The summed E-state index contributed by atoms with van der Waals surface area (Å²) in [6, 6.07) is 20.6. The lowest BCUT2D eigenvalue weighted by molar-refractivity contribution is -0.147. The van der Waals surface area contributed by atoms with Crippen LogP contribution in [-0.2, 0) is 9.59 Å². The molecule has 1 saturated carbocycles. The fourth-order valence-corrected chi connectivity index (χ4v) is 4.87. The Labute approximate surface area is 165 Å². The van der Waals surface area contributed by atoms with Crippen LogP contribution in [0.15, 0.2) is 72.8 Å². The SMILES string of the molecule is O=C(NCCC(c1ccccc1)c1ccccc1)[C@@H]1[C@H](C(=O)O)[C@@H]2C=C[C@H]1C2. The van der Waals surface area contributed by atoms with E-state index in [0.29, 0.717) is 6.54 Å². The fraction of sp³-hybridized carbons (Fsp3) is 0.333. The normalized spacial score (nSPS) is 25.2. The van der Waals surface area contributed by atoms with E-state index in [1.54, 1.807) is 0 Å². The molecule has 1 fully saturated rings. The van der Waals surface area contributed by atoms with Crippen molar-refractivity contribution >= 4 is 11.9 Å². The molecule has 2 aliphatic carbocycles. The fourth-order valence-electron chi connectivity index (χ4n) is 4.87. The third-order valence-corrected chi connectivity index (χ3v) is 6.18. The number of allylic oxidation sites excluding steroid dienone is 2. The number of carbonyl (C=O) groups excluding carboxylic acids is 1. The van der Waals surface area contributed by atoms with Gasteiger partial charge in [0.1, 0.15) is 0 Å². The zero-order valence-corrected chi connectivity index (χ0v) is 15.7. The largest absolute Gasteiger partial charge is 0.481 e. The van der Waals surface area contributed by atoms with Crippen molar-refractivity contribution in [2.24, 2.45) is 23.7 Å². The highest BCUT2D eigenvalue weighted by molar-refractivity contribution is 5.86. The van der Waals surface area contributed by atoms with Gasteiger partial charge in [-0.25, -0.2) is 0 Å². The Morgan fingerprint density at radius 2 is 1.43 bits per heavy atom. The van der Waals surface area contributed by atoms with E-state index in [2.05, 4.69) is 29.6 Å². The third-order valence-electron chi connectivity index (χ3n) is 6.18. The Kier molecular flexibility index (Phi) is 5.29. The summed E-state index contributed by atoms with van der Waals surface area (Å²) in [4.78, 5) is 24.4. The van der Waals surface area contributed by atoms with Gasteiger partial charge in [0.15, 0.2) is 0 Å². The van der Waals surface area contributed by atoms with Gasteiger partial charge >= 0.3 is 5.97 Å². The number of carboxylic acid groups (broad SMARTS) is 1. The number of aliphatic carboxylic acids is 1. The Morgan fingerprint density at radius 3 is 1.96 bits per heavy atom. The number of rotatable bonds is 7. The predicted octanol–water partition coefficient (Wildman–Crippen LogP) is 3.85. The molecule has 0 saturated heterocycles. The van der Waals surface area contributed by atoms with Gasteiger partial charge in [0.05, 0.1) is 11.8 Å². The monoisotopic (exact) mass is 375 g/mol. The van der Waals surface area contributed by atoms with Crippen molar-refractivity contribution in [2.75, 3.05) is 6.54 Å². The molecule has 2 N–H and O–H groups in total. The van der Waals surface area contributed by atoms with Crippen LogP contribution in [0.3, 0.4) is 0 Å². The summed E-state index contributed by atoms with van der Waals surface area (Å²) < 4.78 is 0. The van der Waals surface area contributed by atoms with Gasteiger partial charge in [-0.15, -0.1) is 0 Å². The topological polar surface area (TPSA) is 66.4 Å². The molecule has 0 heterocycles. The van der Waals surface area contributed by atoms with Crippen LogP contribution in [0.2, 0.25) is 0 Å². The molecule has 2 bridgehead atoms. The van der Waals surface area contributed by atoms with Crippen LogP contribution >= 0.6 is 0 Å². The Balaban J connectivity index is 1.43. The number of carboxylic acids is 1. The second-order valence-corrected chi connectivity index (χ2v) is 7.79. The number of fused-ring (bicyclic) bond motifs is 2. The summed E-state index contributed by atoms with van der Waals surface area (Å²) in [7, 11) is 0. The standard InChI is InChI=1S/C24H25NO3/c26-23(21-18-11-12-19(15-18)22(21)24(27)28)25-14-13-20(16-7-3-1-4-8-16)17-9-5-2-6-10-17/h1-12,18-22H,13-15H2,(H,25,26)(H,27,28)/t18-,19+,21-,22+/m0/s1. The van der Waals surface area contributed by atoms with E-state index in [1.165, 1.54) is 11.1 Å². The number of benzene rings is 2. The van der Waals surface area contributed by atoms with Gasteiger partial charge in [-0.05, 0) is 35.8 Å². The highest BCUT2D eigenvalue weighted by Crippen LogP contribution is 2.48. The average Bonchev–Trinajstić information content (AvgIpc) is 3.34. The van der Waals surface area contributed by atoms with Crippen molar-refractivity contribution in [3.8, 4) is 0 Å². The third kappa shape index (κ3) is 3.59. The molecule has 0 aliphatic heterocycles. The van der Waals surface area contributed by atoms with E-state index in [9.17, 15) is 14.7 Å². The van der Waals surface area contributed by atoms with Crippen molar-refractivity contribution in [1.29, 1.82) is 0 Å². The molecule has 144 valence electrons. The summed E-state index contributed by atoms with van der Waals surface area (Å²) in [5, 5.41) is 12.6. The Bertz CT molecular complexity index is 822. The summed E-state index contributed by atoms with van der Waals surface area (Å²) in [5.74, 6) is -1.76. The van der Waals surface area contributed by atoms with Crippen LogP contribution in [0.4, 0.5) is 0 Å². The summed E-state index contributed by atoms with van der Waals surface area (Å²) >= 11 is 0. The second-order valence-electron chi connectivity index (χ2n) is 7.79. The van der Waals surface area contributed by atoms with Crippen LogP contribution in [-0.4, -0.2) is 23.5 Å². The van der Waals surface area contributed by atoms with E-state index in [1.807, 2.05) is 48.6 Å². The predicted molar refractivity (Wildman–Crippen MR) is 108 cm³/mol. The molecule has 4 heteroatoms. The lowest BCUT2D eigenvalue weighted by Gasteiger charge is -2.24. The van der Waals surface area contributed by atoms with Crippen molar-refractivity contribution in [3.05, 3.63) is 83.9 Å². The van der Waals surface area contributed by atoms with Crippen LogP contribution in [0.5, 0.6) is 0 Å². The van der Waals surface area contributed by atoms with Crippen molar-refractivity contribution in [2.45, 2.75) is 18.8 Å². The number of hydrogen-bond donors (Lipinski definition) is 2. The van der Waals surface area contributed by atoms with E-state index < -0.39 is 17.8 Å². The van der Waals surface area contributed by atoms with Crippen molar-refractivity contribution in [1.82, 2.24) is 5.32 Å². The Hall–Kier alpha value is -2.88. The molecule has 0 unspecified atom stereocenters. The molecule has 0 radical (unpaired) electrons. The van der Waals surface area contributed by atoms with Gasteiger partial charge in [-0.2, -0.15) is 0 Å². The minimum absolute atomic E-state index is 0.000337. The smallest absolute Gasteiger partial charge is 0.307 e. The molecule has 1 amide bonds. The van der Waals surface area contributed by atoms with Gasteiger partial charge < -0.3 is 10.4 Å². The van der Waals surface area contributed by atoms with Crippen molar-refractivity contribution in [3.63, 3.8) is 0 Å². The molecule has 4 atom stereocenters. The maximum atomic E-state index is 12.8. The van der Waals surface area contributed by atoms with E-state index in [0.717, 1.165) is 12.8 Å². The number of nitrogens with one attached hydrogen (secondary N) is 1. The van der Waals surface area contributed by atoms with Crippen LogP contribution in [0.25, 0.3) is 0 Å². The van der Waals surface area contributed by atoms with E-state index >= 15 is 0 Å². The lowest BCUT2D eigenvalue weighted by atomic mass is 9.82. The lowest BCUT2D eigenvalue weighted by Crippen LogP contribution is -2.40. The van der Waals surface area contributed by atoms with Gasteiger partial charge in [-0.1, -0.05) is 72.8 Å². The minimum Gasteiger partial charge on any atom is -0.481 e. The summed E-state index contributed by atoms with van der Waals surface area (Å²) in [6.07, 6.45) is 5.54. The summed E-state index contributed by atoms with van der Waals surface area (Å²) in [6.45, 7) is 0.525. The molecule has 2 aromatic carbocycles. The number of amides is 1. The quantitative estimate of drug-likeness (QED) is 0.723. The molecule has 2 aliphatic rings. The number of hydrogen-bond acceptors (Lipinski definition) is 2. The van der Waals surface area contributed by atoms with Gasteiger partial charge in [0.25, 0.3) is 0 Å². The molecule has 0 aromatic heterocycles. The van der Waals surface area contributed by atoms with Crippen LogP contribution in [0, 0.1) is 23.7 Å². The highest BCUT2D eigenvalue weighted by Gasteiger charge is 2.51. The second kappa shape index (κ2) is 8.01. The van der Waals surface area contributed by atoms with E-state index in [-0.39, 0.29) is 23.7 Å². The van der Waals surface area contributed by atoms with Crippen molar-refractivity contribution < 1.29 is 14.7 Å². The maximum absolute atomic E-state index is 12.8. The zero-order chi connectivity index (χ0) is 19.5.